The first-order valence-corrected chi connectivity index (χ1v) is 5.37. The Labute approximate surface area is 131 Å². The fraction of sp³-hybridized carbons (Fsp3) is 0.778. The number of alkyl halides is 14. The van der Waals surface area contributed by atoms with Crippen molar-refractivity contribution >= 4 is 0 Å². The molecule has 0 spiro atoms. The van der Waals surface area contributed by atoms with Crippen LogP contribution in [0.15, 0.2) is 11.8 Å². The maximum atomic E-state index is 12.9. The van der Waals surface area contributed by atoms with Gasteiger partial charge in [-0.15, -0.1) is 0 Å². The Bertz CT molecular complexity index is 537. The first-order chi connectivity index (χ1) is 11.0. The van der Waals surface area contributed by atoms with E-state index in [9.17, 15) is 70.2 Å². The number of allylic oxidation sites excluding steroid dienone is 1. The molecule has 0 aliphatic carbocycles. The van der Waals surface area contributed by atoms with Crippen LogP contribution in [-0.2, 0) is 4.74 Å². The van der Waals surface area contributed by atoms with Gasteiger partial charge in [-0.3, -0.25) is 0 Å². The van der Waals surface area contributed by atoms with Crippen molar-refractivity contribution in [3.05, 3.63) is 11.8 Å². The zero-order chi connectivity index (χ0) is 21.6. The molecule has 0 saturated carbocycles. The normalized spacial score (nSPS) is 16.5. The molecule has 0 rings (SSSR count). The minimum absolute atomic E-state index is 2.50. The molecule has 0 saturated heterocycles. The summed E-state index contributed by atoms with van der Waals surface area (Å²) in [5.74, 6) is -33.9. The lowest BCUT2D eigenvalue weighted by atomic mass is 9.98. The molecule has 0 aliphatic heterocycles. The van der Waals surface area contributed by atoms with E-state index in [2.05, 4.69) is 4.74 Å². The average molecular weight is 430 g/mol. The largest absolute Gasteiger partial charge is 0.462 e. The van der Waals surface area contributed by atoms with Crippen molar-refractivity contribution in [1.29, 1.82) is 0 Å². The van der Waals surface area contributed by atoms with Crippen LogP contribution in [0.2, 0.25) is 0 Å². The lowest BCUT2D eigenvalue weighted by molar-refractivity contribution is -0.424. The fourth-order valence-corrected chi connectivity index (χ4v) is 1.02. The summed E-state index contributed by atoms with van der Waals surface area (Å²) in [6, 6.07) is -3.68. The Balaban J connectivity index is 5.78. The molecule has 17 heteroatoms. The first kappa shape index (κ1) is 24.4. The summed E-state index contributed by atoms with van der Waals surface area (Å²) in [6.07, 6.45) is -13.7. The van der Waals surface area contributed by atoms with Crippen molar-refractivity contribution in [2.75, 3.05) is 6.61 Å². The van der Waals surface area contributed by atoms with Gasteiger partial charge in [-0.1, -0.05) is 0 Å². The fourth-order valence-electron chi connectivity index (χ4n) is 1.02. The second kappa shape index (κ2) is 6.54. The summed E-state index contributed by atoms with van der Waals surface area (Å²) in [4.78, 5) is 0. The third-order valence-corrected chi connectivity index (χ3v) is 2.41. The van der Waals surface area contributed by atoms with E-state index >= 15 is 0 Å². The van der Waals surface area contributed by atoms with Crippen LogP contribution in [0.1, 0.15) is 0 Å². The van der Waals surface area contributed by atoms with Crippen LogP contribution in [0.4, 0.5) is 70.2 Å². The molecule has 0 amide bonds. The van der Waals surface area contributed by atoms with Gasteiger partial charge < -0.3 is 4.74 Å². The second-order valence-corrected chi connectivity index (χ2v) is 4.30. The second-order valence-electron chi connectivity index (χ2n) is 4.30. The number of hydrogen-bond acceptors (Lipinski definition) is 1. The van der Waals surface area contributed by atoms with E-state index in [1.165, 1.54) is 0 Å². The Morgan fingerprint density at radius 1 is 0.577 bits per heavy atom. The number of rotatable bonds is 6. The third kappa shape index (κ3) is 4.05. The smallest absolute Gasteiger partial charge is 0.460 e. The lowest BCUT2D eigenvalue weighted by Crippen LogP contribution is -2.67. The van der Waals surface area contributed by atoms with Gasteiger partial charge in [0, 0.05) is 0 Å². The van der Waals surface area contributed by atoms with Gasteiger partial charge >= 0.3 is 42.1 Å². The van der Waals surface area contributed by atoms with Crippen molar-refractivity contribution in [3.63, 3.8) is 0 Å². The van der Waals surface area contributed by atoms with Gasteiger partial charge in [0.15, 0.2) is 6.61 Å². The molecule has 0 fully saturated rings. The number of hydrogen-bond donors (Lipinski definition) is 0. The van der Waals surface area contributed by atoms with E-state index in [0.717, 1.165) is 0 Å². The standard InChI is InChI=1S/C9H2F16O/c10-2(5(14,15)16)3(11)26-1-4(12,13)6(17,18)7(19,20)8(21,22)9(23,24)25/h1H2. The zero-order valence-corrected chi connectivity index (χ0v) is 11.2. The molecular weight excluding hydrogens is 428 g/mol. The Kier molecular flexibility index (Phi) is 6.14. The summed E-state index contributed by atoms with van der Waals surface area (Å²) < 4.78 is 199. The summed E-state index contributed by atoms with van der Waals surface area (Å²) in [7, 11) is 0. The van der Waals surface area contributed by atoms with Crippen LogP contribution in [0.25, 0.3) is 0 Å². The highest BCUT2D eigenvalue weighted by atomic mass is 19.4. The molecule has 26 heavy (non-hydrogen) atoms. The maximum absolute atomic E-state index is 12.9. The van der Waals surface area contributed by atoms with E-state index in [-0.39, 0.29) is 0 Å². The quantitative estimate of drug-likeness (QED) is 0.384. The minimum Gasteiger partial charge on any atom is -0.462 e. The van der Waals surface area contributed by atoms with Gasteiger partial charge in [0.25, 0.3) is 5.83 Å². The van der Waals surface area contributed by atoms with Crippen LogP contribution in [-0.4, -0.2) is 42.6 Å². The van der Waals surface area contributed by atoms with Gasteiger partial charge in [-0.2, -0.15) is 70.2 Å². The molecule has 0 bridgehead atoms. The molecule has 0 aromatic carbocycles. The Morgan fingerprint density at radius 3 is 1.27 bits per heavy atom. The van der Waals surface area contributed by atoms with Crippen LogP contribution in [0, 0.1) is 0 Å². The van der Waals surface area contributed by atoms with Crippen molar-refractivity contribution in [2.24, 2.45) is 0 Å². The summed E-state index contributed by atoms with van der Waals surface area (Å²) >= 11 is 0. The van der Waals surface area contributed by atoms with Crippen LogP contribution in [0.3, 0.4) is 0 Å². The van der Waals surface area contributed by atoms with Crippen molar-refractivity contribution < 1.29 is 75.0 Å². The van der Waals surface area contributed by atoms with E-state index in [4.69, 9.17) is 0 Å². The molecule has 156 valence electrons. The van der Waals surface area contributed by atoms with Crippen molar-refractivity contribution in [3.8, 4) is 0 Å². The molecule has 0 atom stereocenters. The number of ether oxygens (including phenoxy) is 1. The van der Waals surface area contributed by atoms with Gasteiger partial charge in [-0.25, -0.2) is 0 Å². The molecule has 0 aromatic heterocycles. The lowest BCUT2D eigenvalue weighted by Gasteiger charge is -2.36. The minimum atomic E-state index is -7.85. The molecule has 0 N–H and O–H groups in total. The predicted octanol–water partition coefficient (Wildman–Crippen LogP) is 5.78. The molecule has 0 heterocycles. The molecule has 0 aromatic rings. The molecule has 1 nitrogen and oxygen atoms in total. The van der Waals surface area contributed by atoms with Crippen LogP contribution >= 0.6 is 0 Å². The van der Waals surface area contributed by atoms with Gasteiger partial charge in [0.1, 0.15) is 0 Å². The monoisotopic (exact) mass is 430 g/mol. The number of halogens is 16. The van der Waals surface area contributed by atoms with Gasteiger partial charge in [0.2, 0.25) is 0 Å². The highest BCUT2D eigenvalue weighted by molar-refractivity contribution is 5.07. The van der Waals surface area contributed by atoms with Gasteiger partial charge in [0.05, 0.1) is 0 Å². The summed E-state index contributed by atoms with van der Waals surface area (Å²) in [5.41, 5.74) is 0. The molecule has 0 radical (unpaired) electrons. The topological polar surface area (TPSA) is 9.23 Å². The van der Waals surface area contributed by atoms with E-state index in [1.807, 2.05) is 0 Å². The zero-order valence-electron chi connectivity index (χ0n) is 11.2. The van der Waals surface area contributed by atoms with Gasteiger partial charge in [-0.05, 0) is 0 Å². The Hall–Kier alpha value is -1.58. The third-order valence-electron chi connectivity index (χ3n) is 2.41. The highest BCUT2D eigenvalue weighted by Gasteiger charge is 2.87. The molecular formula is C9H2F16O. The summed E-state index contributed by atoms with van der Waals surface area (Å²) in [6.45, 7) is -3.64. The maximum Gasteiger partial charge on any atom is 0.460 e. The first-order valence-electron chi connectivity index (χ1n) is 5.37. The van der Waals surface area contributed by atoms with E-state index in [1.54, 1.807) is 0 Å². The SMILES string of the molecule is FC(OCC(F)(F)C(F)(F)C(F)(F)C(F)(F)C(F)(F)F)=C(F)C(F)(F)F. The average Bonchev–Trinajstić information content (AvgIpc) is 2.41. The van der Waals surface area contributed by atoms with E-state index < -0.39 is 54.5 Å². The van der Waals surface area contributed by atoms with E-state index in [0.29, 0.717) is 0 Å². The molecule has 0 unspecified atom stereocenters. The van der Waals surface area contributed by atoms with Crippen molar-refractivity contribution in [2.45, 2.75) is 36.0 Å². The van der Waals surface area contributed by atoms with Crippen molar-refractivity contribution in [1.82, 2.24) is 0 Å². The Morgan fingerprint density at radius 2 is 0.962 bits per heavy atom. The highest BCUT2D eigenvalue weighted by Crippen LogP contribution is 2.57. The predicted molar refractivity (Wildman–Crippen MR) is 47.1 cm³/mol. The van der Waals surface area contributed by atoms with Crippen LogP contribution in [0.5, 0.6) is 0 Å². The van der Waals surface area contributed by atoms with Crippen LogP contribution < -0.4 is 0 Å². The molecule has 0 aliphatic rings. The summed E-state index contributed by atoms with van der Waals surface area (Å²) in [5, 5.41) is 0.